The Bertz CT molecular complexity index is 668. The van der Waals surface area contributed by atoms with E-state index in [1.807, 2.05) is 0 Å². The van der Waals surface area contributed by atoms with Crippen molar-refractivity contribution in [1.82, 2.24) is 0 Å². The number of anilines is 1. The van der Waals surface area contributed by atoms with E-state index in [0.717, 1.165) is 30.3 Å². The summed E-state index contributed by atoms with van der Waals surface area (Å²) in [5.41, 5.74) is -0.430. The van der Waals surface area contributed by atoms with Crippen LogP contribution < -0.4 is 5.32 Å². The molecular weight excluding hydrogens is 354 g/mol. The van der Waals surface area contributed by atoms with Gasteiger partial charge in [0.05, 0.1) is 10.0 Å². The van der Waals surface area contributed by atoms with Crippen molar-refractivity contribution in [3.8, 4) is 0 Å². The standard InChI is InChI=1S/C14H8BrF4NO/c15-11-7-10(5-6-12(11)16)20-13(21)8-1-3-9(4-2-8)14(17,18)19/h1-7H,(H,20,21). The first-order valence-electron chi connectivity index (χ1n) is 5.71. The fourth-order valence-electron chi connectivity index (χ4n) is 1.59. The van der Waals surface area contributed by atoms with E-state index in [-0.39, 0.29) is 10.0 Å². The first-order chi connectivity index (χ1) is 9.77. The van der Waals surface area contributed by atoms with E-state index in [4.69, 9.17) is 0 Å². The highest BCUT2D eigenvalue weighted by atomic mass is 79.9. The Labute approximate surface area is 125 Å². The average Bonchev–Trinajstić information content (AvgIpc) is 2.42. The van der Waals surface area contributed by atoms with Crippen LogP contribution >= 0.6 is 15.9 Å². The van der Waals surface area contributed by atoms with Gasteiger partial charge in [-0.25, -0.2) is 4.39 Å². The Morgan fingerprint density at radius 3 is 2.19 bits per heavy atom. The van der Waals surface area contributed by atoms with Crippen molar-refractivity contribution in [2.45, 2.75) is 6.18 Å². The number of hydrogen-bond donors (Lipinski definition) is 1. The van der Waals surface area contributed by atoms with Gasteiger partial charge in [-0.2, -0.15) is 13.2 Å². The minimum Gasteiger partial charge on any atom is -0.322 e. The summed E-state index contributed by atoms with van der Waals surface area (Å²) < 4.78 is 50.4. The Balaban J connectivity index is 2.15. The molecule has 0 aromatic heterocycles. The second-order valence-corrected chi connectivity index (χ2v) is 5.01. The quantitative estimate of drug-likeness (QED) is 0.760. The third kappa shape index (κ3) is 3.81. The third-order valence-corrected chi connectivity index (χ3v) is 3.26. The average molecular weight is 362 g/mol. The molecule has 0 unspecified atom stereocenters. The smallest absolute Gasteiger partial charge is 0.322 e. The molecule has 2 aromatic carbocycles. The highest BCUT2D eigenvalue weighted by Crippen LogP contribution is 2.29. The molecule has 0 heterocycles. The van der Waals surface area contributed by atoms with E-state index in [0.29, 0.717) is 5.69 Å². The van der Waals surface area contributed by atoms with Gasteiger partial charge in [0.2, 0.25) is 0 Å². The van der Waals surface area contributed by atoms with Crippen LogP contribution in [0.15, 0.2) is 46.9 Å². The number of hydrogen-bond acceptors (Lipinski definition) is 1. The Morgan fingerprint density at radius 1 is 1.05 bits per heavy atom. The number of benzene rings is 2. The van der Waals surface area contributed by atoms with Gasteiger partial charge in [0.25, 0.3) is 5.91 Å². The molecule has 0 spiro atoms. The van der Waals surface area contributed by atoms with E-state index in [1.54, 1.807) is 0 Å². The molecule has 0 fully saturated rings. The summed E-state index contributed by atoms with van der Waals surface area (Å²) in [5, 5.41) is 2.47. The summed E-state index contributed by atoms with van der Waals surface area (Å²) in [5.74, 6) is -1.07. The molecule has 0 saturated carbocycles. The second kappa shape index (κ2) is 5.85. The molecule has 0 aliphatic heterocycles. The van der Waals surface area contributed by atoms with Crippen LogP contribution in [0.4, 0.5) is 23.2 Å². The molecule has 21 heavy (non-hydrogen) atoms. The fraction of sp³-hybridized carbons (Fsp3) is 0.0714. The van der Waals surface area contributed by atoms with E-state index in [1.165, 1.54) is 12.1 Å². The van der Waals surface area contributed by atoms with Gasteiger partial charge in [-0.15, -0.1) is 0 Å². The molecule has 1 N–H and O–H groups in total. The maximum Gasteiger partial charge on any atom is 0.416 e. The summed E-state index contributed by atoms with van der Waals surface area (Å²) >= 11 is 2.97. The summed E-state index contributed by atoms with van der Waals surface area (Å²) in [7, 11) is 0. The Morgan fingerprint density at radius 2 is 1.67 bits per heavy atom. The number of halogens is 5. The highest BCUT2D eigenvalue weighted by molar-refractivity contribution is 9.10. The Hall–Kier alpha value is -1.89. The predicted molar refractivity (Wildman–Crippen MR) is 73.5 cm³/mol. The van der Waals surface area contributed by atoms with Crippen molar-refractivity contribution in [2.24, 2.45) is 0 Å². The second-order valence-electron chi connectivity index (χ2n) is 4.16. The van der Waals surface area contributed by atoms with Crippen LogP contribution in [-0.2, 0) is 6.18 Å². The number of rotatable bonds is 2. The molecule has 2 aromatic rings. The topological polar surface area (TPSA) is 29.1 Å². The van der Waals surface area contributed by atoms with Crippen LogP contribution in [0.25, 0.3) is 0 Å². The monoisotopic (exact) mass is 361 g/mol. The molecule has 0 aliphatic carbocycles. The molecule has 0 saturated heterocycles. The molecule has 0 radical (unpaired) electrons. The number of carbonyl (C=O) groups excluding carboxylic acids is 1. The summed E-state index contributed by atoms with van der Waals surface area (Å²) in [6, 6.07) is 7.68. The zero-order chi connectivity index (χ0) is 15.6. The molecule has 110 valence electrons. The normalized spacial score (nSPS) is 11.3. The molecule has 0 atom stereocenters. The SMILES string of the molecule is O=C(Nc1ccc(F)c(Br)c1)c1ccc(C(F)(F)F)cc1. The van der Waals surface area contributed by atoms with Crippen LogP contribution in [0.5, 0.6) is 0 Å². The van der Waals surface area contributed by atoms with Gasteiger partial charge in [0.1, 0.15) is 5.82 Å². The molecule has 1 amide bonds. The van der Waals surface area contributed by atoms with Gasteiger partial charge in [0, 0.05) is 11.3 Å². The Kier molecular flexibility index (Phi) is 4.32. The molecule has 2 rings (SSSR count). The first-order valence-corrected chi connectivity index (χ1v) is 6.50. The zero-order valence-electron chi connectivity index (χ0n) is 10.3. The van der Waals surface area contributed by atoms with Gasteiger partial charge in [0.15, 0.2) is 0 Å². The molecule has 2 nitrogen and oxygen atoms in total. The lowest BCUT2D eigenvalue weighted by atomic mass is 10.1. The van der Waals surface area contributed by atoms with Crippen LogP contribution in [0.2, 0.25) is 0 Å². The molecule has 7 heteroatoms. The number of carbonyl (C=O) groups is 1. The lowest BCUT2D eigenvalue weighted by Gasteiger charge is -2.08. The maximum atomic E-state index is 13.0. The lowest BCUT2D eigenvalue weighted by Crippen LogP contribution is -2.13. The van der Waals surface area contributed by atoms with Crippen molar-refractivity contribution in [3.05, 3.63) is 63.9 Å². The van der Waals surface area contributed by atoms with E-state index < -0.39 is 23.5 Å². The van der Waals surface area contributed by atoms with Crippen LogP contribution in [-0.4, -0.2) is 5.91 Å². The number of nitrogens with one attached hydrogen (secondary N) is 1. The van der Waals surface area contributed by atoms with Crippen LogP contribution in [0.3, 0.4) is 0 Å². The predicted octanol–water partition coefficient (Wildman–Crippen LogP) is 4.86. The largest absolute Gasteiger partial charge is 0.416 e. The number of amides is 1. The minimum absolute atomic E-state index is 0.0726. The minimum atomic E-state index is -4.45. The molecule has 0 bridgehead atoms. The third-order valence-electron chi connectivity index (χ3n) is 2.65. The summed E-state index contributed by atoms with van der Waals surface area (Å²) in [6.07, 6.45) is -4.45. The van der Waals surface area contributed by atoms with Crippen LogP contribution in [0, 0.1) is 5.82 Å². The molecule has 0 aliphatic rings. The highest BCUT2D eigenvalue weighted by Gasteiger charge is 2.30. The number of alkyl halides is 3. The van der Waals surface area contributed by atoms with Crippen molar-refractivity contribution >= 4 is 27.5 Å². The van der Waals surface area contributed by atoms with Crippen LogP contribution in [0.1, 0.15) is 15.9 Å². The van der Waals surface area contributed by atoms with E-state index >= 15 is 0 Å². The van der Waals surface area contributed by atoms with Crippen molar-refractivity contribution in [2.75, 3.05) is 5.32 Å². The lowest BCUT2D eigenvalue weighted by molar-refractivity contribution is -0.137. The molecular formula is C14H8BrF4NO. The first kappa shape index (κ1) is 15.5. The maximum absolute atomic E-state index is 13.0. The van der Waals surface area contributed by atoms with Gasteiger partial charge >= 0.3 is 6.18 Å². The van der Waals surface area contributed by atoms with E-state index in [9.17, 15) is 22.4 Å². The van der Waals surface area contributed by atoms with Gasteiger partial charge < -0.3 is 5.32 Å². The summed E-state index contributed by atoms with van der Waals surface area (Å²) in [4.78, 5) is 11.9. The van der Waals surface area contributed by atoms with Crippen molar-refractivity contribution in [3.63, 3.8) is 0 Å². The summed E-state index contributed by atoms with van der Waals surface area (Å²) in [6.45, 7) is 0. The van der Waals surface area contributed by atoms with E-state index in [2.05, 4.69) is 21.2 Å². The zero-order valence-corrected chi connectivity index (χ0v) is 11.9. The van der Waals surface area contributed by atoms with Gasteiger partial charge in [-0.1, -0.05) is 0 Å². The van der Waals surface area contributed by atoms with Gasteiger partial charge in [-0.05, 0) is 58.4 Å². The fourth-order valence-corrected chi connectivity index (χ4v) is 1.97. The van der Waals surface area contributed by atoms with Crippen molar-refractivity contribution in [1.29, 1.82) is 0 Å². The van der Waals surface area contributed by atoms with Crippen molar-refractivity contribution < 1.29 is 22.4 Å². The van der Waals surface area contributed by atoms with Gasteiger partial charge in [-0.3, -0.25) is 4.79 Å².